The Kier molecular flexibility index (Phi) is 18.6. The molecule has 1 heteroatoms. The van der Waals surface area contributed by atoms with E-state index < -0.39 is 0 Å². The van der Waals surface area contributed by atoms with Gasteiger partial charge in [0.15, 0.2) is 0 Å². The van der Waals surface area contributed by atoms with Crippen molar-refractivity contribution >= 4 is 0 Å². The van der Waals surface area contributed by atoms with Crippen LogP contribution in [0.3, 0.4) is 0 Å². The molecule has 12 heavy (non-hydrogen) atoms. The lowest BCUT2D eigenvalue weighted by Crippen LogP contribution is -1.69. The van der Waals surface area contributed by atoms with Crippen LogP contribution in [0.15, 0.2) is 48.6 Å². The third-order valence-electron chi connectivity index (χ3n) is 1.00. The minimum atomic E-state index is 1.50. The molecule has 0 amide bonds. The zero-order chi connectivity index (χ0) is 9.66. The summed E-state index contributed by atoms with van der Waals surface area (Å²) in [5.74, 6) is 0. The second kappa shape index (κ2) is 16.5. The van der Waals surface area contributed by atoms with Crippen LogP contribution in [0.5, 0.6) is 0 Å². The Labute approximate surface area is 75.9 Å². The molecule has 0 fully saturated rings. The van der Waals surface area contributed by atoms with Gasteiger partial charge in [-0.2, -0.15) is 0 Å². The van der Waals surface area contributed by atoms with Gasteiger partial charge >= 0.3 is 0 Å². The van der Waals surface area contributed by atoms with Crippen molar-refractivity contribution in [2.24, 2.45) is 5.73 Å². The van der Waals surface area contributed by atoms with Crippen LogP contribution < -0.4 is 5.73 Å². The molecular weight excluding hydrogens is 146 g/mol. The maximum Gasteiger partial charge on any atom is -0.0195 e. The summed E-state index contributed by atoms with van der Waals surface area (Å²) in [6, 6.07) is 12.0. The highest BCUT2D eigenvalue weighted by Crippen LogP contribution is 1.79. The molecule has 0 atom stereocenters. The van der Waals surface area contributed by atoms with Crippen LogP contribution in [0.4, 0.5) is 0 Å². The van der Waals surface area contributed by atoms with Gasteiger partial charge in [-0.25, -0.2) is 0 Å². The van der Waals surface area contributed by atoms with Gasteiger partial charge in [0, 0.05) is 0 Å². The van der Waals surface area contributed by atoms with Crippen LogP contribution >= 0.6 is 0 Å². The molecule has 2 N–H and O–H groups in total. The standard InChI is InChI=1S/C6H6.C4H8.CH5N/c1-2-4-6-5-3-1;1-3-4-2;1-2/h1-6H;3-4H,1-2H3;2H2,1H3. The Morgan fingerprint density at radius 2 is 0.833 bits per heavy atom. The number of nitrogens with two attached hydrogens (primary N) is 1. The van der Waals surface area contributed by atoms with Gasteiger partial charge in [-0.3, -0.25) is 0 Å². The van der Waals surface area contributed by atoms with Gasteiger partial charge in [-0.05, 0) is 20.9 Å². The molecular formula is C11H19N. The number of hydrogen-bond acceptors (Lipinski definition) is 1. The minimum absolute atomic E-state index is 1.50. The molecule has 0 aliphatic rings. The third-order valence-corrected chi connectivity index (χ3v) is 1.00. The average Bonchev–Trinajstić information content (AvgIpc) is 2.24. The van der Waals surface area contributed by atoms with E-state index in [0.717, 1.165) is 0 Å². The third kappa shape index (κ3) is 16.0. The van der Waals surface area contributed by atoms with Gasteiger partial charge in [-0.15, -0.1) is 0 Å². The first kappa shape index (κ1) is 13.5. The number of rotatable bonds is 0. The molecule has 1 nitrogen and oxygen atoms in total. The first-order chi connectivity index (χ1) is 5.91. The van der Waals surface area contributed by atoms with Crippen molar-refractivity contribution < 1.29 is 0 Å². The zero-order valence-electron chi connectivity index (χ0n) is 8.20. The zero-order valence-corrected chi connectivity index (χ0v) is 8.20. The van der Waals surface area contributed by atoms with E-state index in [1.54, 1.807) is 0 Å². The topological polar surface area (TPSA) is 26.0 Å². The van der Waals surface area contributed by atoms with Gasteiger partial charge in [0.2, 0.25) is 0 Å². The lowest BCUT2D eigenvalue weighted by atomic mass is 10.4. The summed E-state index contributed by atoms with van der Waals surface area (Å²) in [7, 11) is 1.50. The van der Waals surface area contributed by atoms with Gasteiger partial charge in [0.05, 0.1) is 0 Å². The van der Waals surface area contributed by atoms with E-state index in [1.807, 2.05) is 62.4 Å². The summed E-state index contributed by atoms with van der Waals surface area (Å²) >= 11 is 0. The van der Waals surface area contributed by atoms with Crippen LogP contribution in [0.1, 0.15) is 13.8 Å². The molecule has 0 unspecified atom stereocenters. The first-order valence-corrected chi connectivity index (χ1v) is 4.07. The van der Waals surface area contributed by atoms with Crippen molar-refractivity contribution in [3.8, 4) is 0 Å². The molecule has 0 spiro atoms. The largest absolute Gasteiger partial charge is 0.333 e. The highest BCUT2D eigenvalue weighted by Gasteiger charge is 1.57. The van der Waals surface area contributed by atoms with Crippen LogP contribution in [0.2, 0.25) is 0 Å². The van der Waals surface area contributed by atoms with E-state index in [0.29, 0.717) is 0 Å². The fourth-order valence-electron chi connectivity index (χ4n) is 0.385. The maximum atomic E-state index is 4.50. The lowest BCUT2D eigenvalue weighted by Gasteiger charge is -1.69. The van der Waals surface area contributed by atoms with Crippen molar-refractivity contribution in [1.82, 2.24) is 0 Å². The molecule has 0 saturated heterocycles. The summed E-state index contributed by atoms with van der Waals surface area (Å²) in [4.78, 5) is 0. The SMILES string of the molecule is CC=CC.CN.c1ccccc1. The molecule has 0 aliphatic heterocycles. The summed E-state index contributed by atoms with van der Waals surface area (Å²) in [6.45, 7) is 4.00. The summed E-state index contributed by atoms with van der Waals surface area (Å²) in [5.41, 5.74) is 4.50. The molecule has 1 rings (SSSR count). The summed E-state index contributed by atoms with van der Waals surface area (Å²) in [5, 5.41) is 0. The Bertz CT molecular complexity index is 125. The second-order valence-corrected chi connectivity index (χ2v) is 1.82. The minimum Gasteiger partial charge on any atom is -0.333 e. The molecule has 0 aromatic heterocycles. The van der Waals surface area contributed by atoms with Crippen LogP contribution in [0, 0.1) is 0 Å². The van der Waals surface area contributed by atoms with Crippen molar-refractivity contribution in [2.75, 3.05) is 7.05 Å². The quantitative estimate of drug-likeness (QED) is 0.588. The summed E-state index contributed by atoms with van der Waals surface area (Å²) < 4.78 is 0. The summed E-state index contributed by atoms with van der Waals surface area (Å²) in [6.07, 6.45) is 4.00. The second-order valence-electron chi connectivity index (χ2n) is 1.82. The number of benzene rings is 1. The van der Waals surface area contributed by atoms with Crippen LogP contribution in [0.25, 0.3) is 0 Å². The van der Waals surface area contributed by atoms with E-state index in [4.69, 9.17) is 0 Å². The van der Waals surface area contributed by atoms with Crippen molar-refractivity contribution in [1.29, 1.82) is 0 Å². The normalized spacial score (nSPS) is 7.67. The van der Waals surface area contributed by atoms with Crippen molar-refractivity contribution in [3.05, 3.63) is 48.6 Å². The maximum absolute atomic E-state index is 4.50. The first-order valence-electron chi connectivity index (χ1n) is 4.07. The molecule has 0 aliphatic carbocycles. The van der Waals surface area contributed by atoms with Crippen LogP contribution in [-0.2, 0) is 0 Å². The molecule has 0 bridgehead atoms. The molecule has 1 aromatic carbocycles. The van der Waals surface area contributed by atoms with Crippen molar-refractivity contribution in [2.45, 2.75) is 13.8 Å². The van der Waals surface area contributed by atoms with E-state index in [-0.39, 0.29) is 0 Å². The van der Waals surface area contributed by atoms with E-state index in [9.17, 15) is 0 Å². The van der Waals surface area contributed by atoms with Crippen LogP contribution in [-0.4, -0.2) is 7.05 Å². The fraction of sp³-hybridized carbons (Fsp3) is 0.273. The molecule has 68 valence electrons. The Hall–Kier alpha value is -1.08. The highest BCUT2D eigenvalue weighted by atomic mass is 14.4. The monoisotopic (exact) mass is 165 g/mol. The van der Waals surface area contributed by atoms with Crippen molar-refractivity contribution in [3.63, 3.8) is 0 Å². The van der Waals surface area contributed by atoms with E-state index in [2.05, 4.69) is 5.73 Å². The Balaban J connectivity index is 0. The number of allylic oxidation sites excluding steroid dienone is 2. The smallest absolute Gasteiger partial charge is 0.0195 e. The predicted octanol–water partition coefficient (Wildman–Crippen LogP) is 2.84. The highest BCUT2D eigenvalue weighted by molar-refractivity contribution is 4.99. The van der Waals surface area contributed by atoms with Gasteiger partial charge in [0.25, 0.3) is 0 Å². The fourth-order valence-corrected chi connectivity index (χ4v) is 0.385. The lowest BCUT2D eigenvalue weighted by molar-refractivity contribution is 1.48. The van der Waals surface area contributed by atoms with E-state index in [1.165, 1.54) is 7.05 Å². The predicted molar refractivity (Wildman–Crippen MR) is 57.0 cm³/mol. The number of hydrogen-bond donors (Lipinski definition) is 1. The average molecular weight is 165 g/mol. The molecule has 0 saturated carbocycles. The molecule has 0 radical (unpaired) electrons. The van der Waals surface area contributed by atoms with Gasteiger partial charge < -0.3 is 5.73 Å². The Morgan fingerprint density at radius 3 is 0.917 bits per heavy atom. The Morgan fingerprint density at radius 1 is 0.667 bits per heavy atom. The molecule has 1 aromatic rings. The van der Waals surface area contributed by atoms with E-state index >= 15 is 0 Å². The molecule has 0 heterocycles. The van der Waals surface area contributed by atoms with Gasteiger partial charge in [0.1, 0.15) is 0 Å². The van der Waals surface area contributed by atoms with Gasteiger partial charge in [-0.1, -0.05) is 48.6 Å².